The van der Waals surface area contributed by atoms with E-state index in [9.17, 15) is 13.2 Å². The van der Waals surface area contributed by atoms with Crippen LogP contribution in [0.3, 0.4) is 0 Å². The van der Waals surface area contributed by atoms with Gasteiger partial charge in [-0.15, -0.1) is 0 Å². The third kappa shape index (κ3) is 3.37. The van der Waals surface area contributed by atoms with Gasteiger partial charge in [0.25, 0.3) is 0 Å². The summed E-state index contributed by atoms with van der Waals surface area (Å²) in [6, 6.07) is 6.65. The summed E-state index contributed by atoms with van der Waals surface area (Å²) >= 11 is 5.80. The molecule has 1 aliphatic carbocycles. The van der Waals surface area contributed by atoms with Gasteiger partial charge in [0.1, 0.15) is 0 Å². The number of nitrogens with one attached hydrogen (secondary N) is 1. The molecule has 2 amide bonds. The summed E-state index contributed by atoms with van der Waals surface area (Å²) in [5.74, 6) is 0. The zero-order valence-electron chi connectivity index (χ0n) is 12.0. The Morgan fingerprint density at radius 2 is 1.68 bits per heavy atom. The van der Waals surface area contributed by atoms with Crippen molar-refractivity contribution in [2.75, 3.05) is 31.5 Å². The van der Waals surface area contributed by atoms with Crippen molar-refractivity contribution in [3.05, 3.63) is 29.3 Å². The van der Waals surface area contributed by atoms with E-state index in [2.05, 4.69) is 5.32 Å². The number of hydrogen-bond donors (Lipinski definition) is 1. The van der Waals surface area contributed by atoms with Gasteiger partial charge in [-0.2, -0.15) is 4.31 Å². The highest BCUT2D eigenvalue weighted by Gasteiger charge is 2.41. The zero-order valence-corrected chi connectivity index (χ0v) is 13.6. The van der Waals surface area contributed by atoms with Gasteiger partial charge in [0.15, 0.2) is 0 Å². The van der Waals surface area contributed by atoms with E-state index in [0.717, 1.165) is 12.8 Å². The minimum atomic E-state index is -3.14. The summed E-state index contributed by atoms with van der Waals surface area (Å²) in [4.78, 5) is 13.8. The van der Waals surface area contributed by atoms with Crippen LogP contribution < -0.4 is 5.32 Å². The molecule has 0 unspecified atom stereocenters. The molecule has 0 atom stereocenters. The monoisotopic (exact) mass is 343 g/mol. The maximum absolute atomic E-state index is 12.2. The number of hydrogen-bond acceptors (Lipinski definition) is 3. The van der Waals surface area contributed by atoms with Crippen molar-refractivity contribution in [3.8, 4) is 0 Å². The molecule has 22 heavy (non-hydrogen) atoms. The highest BCUT2D eigenvalue weighted by molar-refractivity contribution is 7.90. The number of nitrogens with zero attached hydrogens (tertiary/aromatic N) is 2. The first kappa shape index (κ1) is 15.6. The van der Waals surface area contributed by atoms with Crippen LogP contribution >= 0.6 is 11.6 Å². The number of carbonyl (C=O) groups is 1. The fraction of sp³-hybridized carbons (Fsp3) is 0.500. The second-order valence-corrected chi connectivity index (χ2v) is 8.22. The van der Waals surface area contributed by atoms with Gasteiger partial charge in [-0.25, -0.2) is 13.2 Å². The molecule has 120 valence electrons. The quantitative estimate of drug-likeness (QED) is 0.912. The number of carbonyl (C=O) groups excluding carboxylic acids is 1. The number of rotatable bonds is 3. The highest BCUT2D eigenvalue weighted by atomic mass is 35.5. The van der Waals surface area contributed by atoms with E-state index in [4.69, 9.17) is 11.6 Å². The van der Waals surface area contributed by atoms with Gasteiger partial charge in [-0.05, 0) is 37.1 Å². The van der Waals surface area contributed by atoms with Crippen molar-refractivity contribution >= 4 is 33.3 Å². The molecule has 8 heteroatoms. The summed E-state index contributed by atoms with van der Waals surface area (Å²) < 4.78 is 25.8. The van der Waals surface area contributed by atoms with Crippen molar-refractivity contribution in [1.29, 1.82) is 0 Å². The number of anilines is 1. The van der Waals surface area contributed by atoms with Crippen LogP contribution in [0.1, 0.15) is 12.8 Å². The van der Waals surface area contributed by atoms with Crippen LogP contribution in [-0.4, -0.2) is 55.1 Å². The van der Waals surface area contributed by atoms with E-state index in [1.165, 1.54) is 4.31 Å². The number of piperazine rings is 1. The van der Waals surface area contributed by atoms with Crippen molar-refractivity contribution in [3.63, 3.8) is 0 Å². The molecule has 1 saturated heterocycles. The summed E-state index contributed by atoms with van der Waals surface area (Å²) in [7, 11) is -3.14. The maximum atomic E-state index is 12.2. The van der Waals surface area contributed by atoms with Gasteiger partial charge in [0, 0.05) is 36.9 Å². The molecule has 0 radical (unpaired) electrons. The van der Waals surface area contributed by atoms with Crippen molar-refractivity contribution in [2.24, 2.45) is 0 Å². The lowest BCUT2D eigenvalue weighted by molar-refractivity contribution is 0.184. The summed E-state index contributed by atoms with van der Waals surface area (Å²) in [6.07, 6.45) is 1.53. The lowest BCUT2D eigenvalue weighted by Crippen LogP contribution is -2.52. The number of benzene rings is 1. The van der Waals surface area contributed by atoms with Gasteiger partial charge in [-0.1, -0.05) is 11.6 Å². The average Bonchev–Trinajstić information content (AvgIpc) is 3.35. The summed E-state index contributed by atoms with van der Waals surface area (Å²) in [5.41, 5.74) is 0.669. The Labute approximate surface area is 135 Å². The molecule has 0 aromatic heterocycles. The van der Waals surface area contributed by atoms with Crippen LogP contribution in [0.25, 0.3) is 0 Å². The molecular formula is C14H18ClN3O3S. The van der Waals surface area contributed by atoms with E-state index >= 15 is 0 Å². The third-order valence-corrected chi connectivity index (χ3v) is 6.58. The van der Waals surface area contributed by atoms with E-state index in [1.807, 2.05) is 0 Å². The van der Waals surface area contributed by atoms with Crippen LogP contribution in [0.2, 0.25) is 5.02 Å². The lowest BCUT2D eigenvalue weighted by Gasteiger charge is -2.34. The normalized spacial score (nSPS) is 20.0. The molecule has 0 bridgehead atoms. The van der Waals surface area contributed by atoms with Crippen LogP contribution in [0.5, 0.6) is 0 Å². The van der Waals surface area contributed by atoms with Gasteiger partial charge in [0.05, 0.1) is 5.25 Å². The number of halogens is 1. The predicted octanol–water partition coefficient (Wildman–Crippen LogP) is 1.98. The minimum Gasteiger partial charge on any atom is -0.322 e. The molecule has 2 aliphatic rings. The Bertz CT molecular complexity index is 650. The standard InChI is InChI=1S/C14H18ClN3O3S/c15-11-1-3-12(4-2-11)16-14(19)17-7-9-18(10-8-17)22(20,21)13-5-6-13/h1-4,13H,5-10H2,(H,16,19). The smallest absolute Gasteiger partial charge is 0.321 e. The Kier molecular flexibility index (Phi) is 4.29. The molecular weight excluding hydrogens is 326 g/mol. The first-order valence-electron chi connectivity index (χ1n) is 7.27. The number of amides is 2. The Balaban J connectivity index is 1.54. The topological polar surface area (TPSA) is 69.7 Å². The molecule has 1 aromatic carbocycles. The average molecular weight is 344 g/mol. The molecule has 1 aromatic rings. The van der Waals surface area contributed by atoms with Gasteiger partial charge in [0.2, 0.25) is 10.0 Å². The fourth-order valence-corrected chi connectivity index (χ4v) is 4.41. The molecule has 2 fully saturated rings. The first-order chi connectivity index (χ1) is 10.5. The zero-order chi connectivity index (χ0) is 15.7. The van der Waals surface area contributed by atoms with Crippen molar-refractivity contribution in [2.45, 2.75) is 18.1 Å². The summed E-state index contributed by atoms with van der Waals surface area (Å²) in [5, 5.41) is 3.20. The molecule has 0 spiro atoms. The van der Waals surface area contributed by atoms with Crippen LogP contribution in [0.4, 0.5) is 10.5 Å². The Morgan fingerprint density at radius 3 is 2.23 bits per heavy atom. The SMILES string of the molecule is O=C(Nc1ccc(Cl)cc1)N1CCN(S(=O)(=O)C2CC2)CC1. The van der Waals surface area contributed by atoms with Crippen LogP contribution in [-0.2, 0) is 10.0 Å². The van der Waals surface area contributed by atoms with Gasteiger partial charge in [-0.3, -0.25) is 0 Å². The molecule has 1 saturated carbocycles. The molecule has 1 N–H and O–H groups in total. The molecule has 1 heterocycles. The Morgan fingerprint density at radius 1 is 1.09 bits per heavy atom. The van der Waals surface area contributed by atoms with Gasteiger partial charge >= 0.3 is 6.03 Å². The number of sulfonamides is 1. The van der Waals surface area contributed by atoms with Crippen molar-refractivity contribution < 1.29 is 13.2 Å². The second kappa shape index (κ2) is 6.06. The maximum Gasteiger partial charge on any atom is 0.321 e. The molecule has 1 aliphatic heterocycles. The van der Waals surface area contributed by atoms with Crippen LogP contribution in [0.15, 0.2) is 24.3 Å². The predicted molar refractivity (Wildman–Crippen MR) is 85.6 cm³/mol. The summed E-state index contributed by atoms with van der Waals surface area (Å²) in [6.45, 7) is 1.55. The first-order valence-corrected chi connectivity index (χ1v) is 9.15. The van der Waals surface area contributed by atoms with Crippen LogP contribution in [0, 0.1) is 0 Å². The van der Waals surface area contributed by atoms with E-state index in [1.54, 1.807) is 29.2 Å². The second-order valence-electron chi connectivity index (χ2n) is 5.57. The fourth-order valence-electron chi connectivity index (χ4n) is 2.46. The lowest BCUT2D eigenvalue weighted by atomic mass is 10.3. The Hall–Kier alpha value is -1.31. The van der Waals surface area contributed by atoms with E-state index in [-0.39, 0.29) is 11.3 Å². The van der Waals surface area contributed by atoms with Gasteiger partial charge < -0.3 is 10.2 Å². The molecule has 3 rings (SSSR count). The van der Waals surface area contributed by atoms with E-state index in [0.29, 0.717) is 36.9 Å². The largest absolute Gasteiger partial charge is 0.322 e. The van der Waals surface area contributed by atoms with E-state index < -0.39 is 10.0 Å². The third-order valence-electron chi connectivity index (χ3n) is 3.93. The van der Waals surface area contributed by atoms with Crippen molar-refractivity contribution in [1.82, 2.24) is 9.21 Å². The number of urea groups is 1. The molecule has 6 nitrogen and oxygen atoms in total. The minimum absolute atomic E-state index is 0.193. The highest BCUT2D eigenvalue weighted by Crippen LogP contribution is 2.31.